The van der Waals surface area contributed by atoms with Gasteiger partial charge in [0.1, 0.15) is 11.6 Å². The van der Waals surface area contributed by atoms with Crippen molar-refractivity contribution in [3.05, 3.63) is 6.07 Å². The maximum Gasteiger partial charge on any atom is 0.191 e. The molecule has 0 aliphatic heterocycles. The van der Waals surface area contributed by atoms with E-state index in [1.54, 1.807) is 0 Å². The van der Waals surface area contributed by atoms with E-state index in [0.717, 1.165) is 43.0 Å². The molecular formula is C13H24N4OS. The summed E-state index contributed by atoms with van der Waals surface area (Å²) in [6.07, 6.45) is 2.94. The fourth-order valence-electron chi connectivity index (χ4n) is 1.44. The highest BCUT2D eigenvalue weighted by Gasteiger charge is 2.02. The van der Waals surface area contributed by atoms with Gasteiger partial charge in [-0.25, -0.2) is 9.97 Å². The van der Waals surface area contributed by atoms with E-state index < -0.39 is 0 Å². The number of anilines is 2. The second-order valence-electron chi connectivity index (χ2n) is 4.62. The fourth-order valence-corrected chi connectivity index (χ4v) is 1.82. The van der Waals surface area contributed by atoms with E-state index in [1.165, 1.54) is 11.8 Å². The molecule has 0 saturated heterocycles. The lowest BCUT2D eigenvalue weighted by atomic mass is 10.2. The zero-order chi connectivity index (χ0) is 14.1. The molecule has 0 unspecified atom stereocenters. The van der Waals surface area contributed by atoms with Crippen molar-refractivity contribution in [3.8, 4) is 0 Å². The average molecular weight is 284 g/mol. The van der Waals surface area contributed by atoms with Crippen molar-refractivity contribution in [2.45, 2.75) is 25.4 Å². The third kappa shape index (κ3) is 6.63. The summed E-state index contributed by atoms with van der Waals surface area (Å²) in [6.45, 7) is 6.77. The number of rotatable bonds is 9. The van der Waals surface area contributed by atoms with Crippen LogP contribution < -0.4 is 10.6 Å². The van der Waals surface area contributed by atoms with Gasteiger partial charge in [0, 0.05) is 32.9 Å². The van der Waals surface area contributed by atoms with Crippen LogP contribution in [0.4, 0.5) is 11.6 Å². The lowest BCUT2D eigenvalue weighted by Crippen LogP contribution is -2.10. The number of ether oxygens (including phenoxy) is 1. The first-order valence-corrected chi connectivity index (χ1v) is 7.80. The van der Waals surface area contributed by atoms with Gasteiger partial charge in [0.25, 0.3) is 0 Å². The summed E-state index contributed by atoms with van der Waals surface area (Å²) in [5, 5.41) is 7.10. The van der Waals surface area contributed by atoms with Gasteiger partial charge >= 0.3 is 0 Å². The van der Waals surface area contributed by atoms with E-state index in [9.17, 15) is 0 Å². The summed E-state index contributed by atoms with van der Waals surface area (Å²) in [6, 6.07) is 1.91. The SMILES string of the molecule is CNc1cc(NCCCOCC(C)C)nc(SC)n1. The largest absolute Gasteiger partial charge is 0.381 e. The van der Waals surface area contributed by atoms with Crippen LogP contribution in [0.5, 0.6) is 0 Å². The molecule has 2 N–H and O–H groups in total. The minimum Gasteiger partial charge on any atom is -0.381 e. The van der Waals surface area contributed by atoms with Gasteiger partial charge in [-0.2, -0.15) is 0 Å². The second kappa shape index (κ2) is 8.98. The third-order valence-electron chi connectivity index (χ3n) is 2.37. The first-order valence-electron chi connectivity index (χ1n) is 6.58. The predicted octanol–water partition coefficient (Wildman–Crippen LogP) is 2.71. The van der Waals surface area contributed by atoms with E-state index in [2.05, 4.69) is 34.4 Å². The van der Waals surface area contributed by atoms with Crippen molar-refractivity contribution in [2.24, 2.45) is 5.92 Å². The van der Waals surface area contributed by atoms with Gasteiger partial charge in [0.2, 0.25) is 0 Å². The third-order valence-corrected chi connectivity index (χ3v) is 2.91. The summed E-state index contributed by atoms with van der Waals surface area (Å²) < 4.78 is 5.53. The second-order valence-corrected chi connectivity index (χ2v) is 5.40. The van der Waals surface area contributed by atoms with E-state index >= 15 is 0 Å². The molecule has 5 nitrogen and oxygen atoms in total. The quantitative estimate of drug-likeness (QED) is 0.413. The first-order chi connectivity index (χ1) is 9.15. The number of hydrogen-bond acceptors (Lipinski definition) is 6. The van der Waals surface area contributed by atoms with Crippen LogP contribution in [-0.2, 0) is 4.74 Å². The average Bonchev–Trinajstić information content (AvgIpc) is 2.41. The molecule has 0 amide bonds. The van der Waals surface area contributed by atoms with Crippen molar-refractivity contribution in [1.82, 2.24) is 9.97 Å². The Labute approximate surface area is 119 Å². The Balaban J connectivity index is 2.32. The smallest absolute Gasteiger partial charge is 0.191 e. The number of aromatic nitrogens is 2. The molecule has 0 fully saturated rings. The van der Waals surface area contributed by atoms with Crippen molar-refractivity contribution < 1.29 is 4.74 Å². The Hall–Kier alpha value is -1.01. The molecule has 1 aromatic heterocycles. The Kier molecular flexibility index (Phi) is 7.59. The number of hydrogen-bond donors (Lipinski definition) is 2. The molecule has 0 spiro atoms. The molecule has 0 aliphatic rings. The molecule has 0 aliphatic carbocycles. The maximum absolute atomic E-state index is 5.53. The zero-order valence-electron chi connectivity index (χ0n) is 12.2. The minimum absolute atomic E-state index is 0.595. The first kappa shape index (κ1) is 16.0. The molecule has 1 heterocycles. The minimum atomic E-state index is 0.595. The van der Waals surface area contributed by atoms with Crippen molar-refractivity contribution >= 4 is 23.4 Å². The van der Waals surface area contributed by atoms with Crippen LogP contribution in [0.2, 0.25) is 0 Å². The van der Waals surface area contributed by atoms with Gasteiger partial charge in [0.15, 0.2) is 5.16 Å². The molecule has 19 heavy (non-hydrogen) atoms. The summed E-state index contributed by atoms with van der Waals surface area (Å²) in [7, 11) is 1.86. The number of nitrogens with zero attached hydrogens (tertiary/aromatic N) is 2. The molecule has 0 saturated carbocycles. The van der Waals surface area contributed by atoms with Crippen LogP contribution in [0.1, 0.15) is 20.3 Å². The lowest BCUT2D eigenvalue weighted by molar-refractivity contribution is 0.110. The van der Waals surface area contributed by atoms with Crippen LogP contribution in [0.25, 0.3) is 0 Å². The molecule has 108 valence electrons. The van der Waals surface area contributed by atoms with Gasteiger partial charge in [-0.05, 0) is 18.6 Å². The lowest BCUT2D eigenvalue weighted by Gasteiger charge is -2.09. The Morgan fingerprint density at radius 3 is 2.68 bits per heavy atom. The van der Waals surface area contributed by atoms with Gasteiger partial charge in [-0.1, -0.05) is 25.6 Å². The van der Waals surface area contributed by atoms with E-state index in [1.807, 2.05) is 19.4 Å². The Morgan fingerprint density at radius 1 is 1.32 bits per heavy atom. The van der Waals surface area contributed by atoms with Crippen molar-refractivity contribution in [1.29, 1.82) is 0 Å². The molecule has 0 atom stereocenters. The van der Waals surface area contributed by atoms with Gasteiger partial charge in [-0.3, -0.25) is 0 Å². The van der Waals surface area contributed by atoms with E-state index in [-0.39, 0.29) is 0 Å². The monoisotopic (exact) mass is 284 g/mol. The number of nitrogens with one attached hydrogen (secondary N) is 2. The molecule has 1 aromatic rings. The summed E-state index contributed by atoms with van der Waals surface area (Å²) in [5.41, 5.74) is 0. The highest BCUT2D eigenvalue weighted by molar-refractivity contribution is 7.98. The van der Waals surface area contributed by atoms with Crippen molar-refractivity contribution in [3.63, 3.8) is 0 Å². The van der Waals surface area contributed by atoms with Crippen molar-refractivity contribution in [2.75, 3.05) is 43.7 Å². The normalized spacial score (nSPS) is 10.8. The number of thioether (sulfide) groups is 1. The van der Waals surface area contributed by atoms with Gasteiger partial charge in [-0.15, -0.1) is 0 Å². The highest BCUT2D eigenvalue weighted by Crippen LogP contribution is 2.16. The highest BCUT2D eigenvalue weighted by atomic mass is 32.2. The van der Waals surface area contributed by atoms with Crippen LogP contribution in [0.15, 0.2) is 11.2 Å². The molecule has 0 bridgehead atoms. The fraction of sp³-hybridized carbons (Fsp3) is 0.692. The topological polar surface area (TPSA) is 59.1 Å². The summed E-state index contributed by atoms with van der Waals surface area (Å²) >= 11 is 1.54. The summed E-state index contributed by atoms with van der Waals surface area (Å²) in [4.78, 5) is 8.73. The van der Waals surface area contributed by atoms with E-state index in [4.69, 9.17) is 4.74 Å². The maximum atomic E-state index is 5.53. The Morgan fingerprint density at radius 2 is 2.05 bits per heavy atom. The standard InChI is InChI=1S/C13H24N4OS/c1-10(2)9-18-7-5-6-15-12-8-11(14-3)16-13(17-12)19-4/h8,10H,5-7,9H2,1-4H3,(H2,14,15,16,17). The molecule has 0 aromatic carbocycles. The molecule has 0 radical (unpaired) electrons. The summed E-state index contributed by atoms with van der Waals surface area (Å²) in [5.74, 6) is 2.28. The van der Waals surface area contributed by atoms with Crippen LogP contribution >= 0.6 is 11.8 Å². The van der Waals surface area contributed by atoms with E-state index in [0.29, 0.717) is 5.92 Å². The van der Waals surface area contributed by atoms with Gasteiger partial charge < -0.3 is 15.4 Å². The zero-order valence-corrected chi connectivity index (χ0v) is 13.0. The Bertz CT molecular complexity index is 351. The van der Waals surface area contributed by atoms with Gasteiger partial charge in [0.05, 0.1) is 0 Å². The van der Waals surface area contributed by atoms with Crippen LogP contribution in [0.3, 0.4) is 0 Å². The van der Waals surface area contributed by atoms with Crippen LogP contribution in [0, 0.1) is 5.92 Å². The molecular weight excluding hydrogens is 260 g/mol. The molecule has 6 heteroatoms. The predicted molar refractivity (Wildman–Crippen MR) is 82.1 cm³/mol. The molecule has 1 rings (SSSR count). The van der Waals surface area contributed by atoms with Crippen LogP contribution in [-0.4, -0.2) is 43.0 Å².